The average molecular weight is 255 g/mol. The van der Waals surface area contributed by atoms with Gasteiger partial charge in [-0.05, 0) is 61.5 Å². The normalized spacial score (nSPS) is 19.8. The Morgan fingerprint density at radius 1 is 1.44 bits per heavy atom. The first-order valence-electron chi connectivity index (χ1n) is 6.36. The van der Waals surface area contributed by atoms with Crippen molar-refractivity contribution in [1.29, 1.82) is 0 Å². The standard InChI is InChI=1S/C14H19F2NO/c1-18-14-12(5-10-3-2-4-17-9-10)6-11(8-15)7-13(14)16/h6-7,10,17H,2-5,8-9H2,1H3. The molecule has 2 nitrogen and oxygen atoms in total. The maximum absolute atomic E-state index is 13.7. The van der Waals surface area contributed by atoms with E-state index >= 15 is 0 Å². The van der Waals surface area contributed by atoms with Crippen LogP contribution in [0.15, 0.2) is 12.1 Å². The van der Waals surface area contributed by atoms with Crippen LogP contribution in [0.25, 0.3) is 0 Å². The number of methoxy groups -OCH3 is 1. The predicted molar refractivity (Wildman–Crippen MR) is 67.1 cm³/mol. The zero-order valence-corrected chi connectivity index (χ0v) is 10.6. The molecule has 1 unspecified atom stereocenters. The molecule has 1 fully saturated rings. The van der Waals surface area contributed by atoms with Crippen LogP contribution in [0.4, 0.5) is 8.78 Å². The number of alkyl halides is 1. The summed E-state index contributed by atoms with van der Waals surface area (Å²) in [5.74, 6) is 0.270. The summed E-state index contributed by atoms with van der Waals surface area (Å²) in [5, 5.41) is 3.33. The van der Waals surface area contributed by atoms with E-state index in [2.05, 4.69) is 5.32 Å². The van der Waals surface area contributed by atoms with Gasteiger partial charge in [-0.1, -0.05) is 0 Å². The Hall–Kier alpha value is -1.16. The van der Waals surface area contributed by atoms with Gasteiger partial charge in [0.15, 0.2) is 11.6 Å². The van der Waals surface area contributed by atoms with Crippen LogP contribution in [0, 0.1) is 11.7 Å². The monoisotopic (exact) mass is 255 g/mol. The minimum atomic E-state index is -0.642. The van der Waals surface area contributed by atoms with Gasteiger partial charge < -0.3 is 10.1 Å². The number of hydrogen-bond acceptors (Lipinski definition) is 2. The molecule has 1 aliphatic heterocycles. The summed E-state index contributed by atoms with van der Waals surface area (Å²) in [6.45, 7) is 1.34. The summed E-state index contributed by atoms with van der Waals surface area (Å²) in [4.78, 5) is 0. The summed E-state index contributed by atoms with van der Waals surface area (Å²) >= 11 is 0. The molecule has 1 heterocycles. The summed E-state index contributed by atoms with van der Waals surface area (Å²) in [7, 11) is 1.45. The SMILES string of the molecule is COc1c(F)cc(CF)cc1CC1CCCNC1. The van der Waals surface area contributed by atoms with E-state index in [4.69, 9.17) is 4.74 Å². The molecule has 100 valence electrons. The van der Waals surface area contributed by atoms with Crippen LogP contribution in [0.3, 0.4) is 0 Å². The molecule has 0 amide bonds. The lowest BCUT2D eigenvalue weighted by Crippen LogP contribution is -2.31. The first-order valence-corrected chi connectivity index (χ1v) is 6.36. The van der Waals surface area contributed by atoms with Crippen LogP contribution in [0.2, 0.25) is 0 Å². The molecular weight excluding hydrogens is 236 g/mol. The molecule has 1 aromatic rings. The van der Waals surface area contributed by atoms with Gasteiger partial charge in [-0.3, -0.25) is 0 Å². The fourth-order valence-electron chi connectivity index (χ4n) is 2.58. The van der Waals surface area contributed by atoms with Gasteiger partial charge in [0.05, 0.1) is 7.11 Å². The van der Waals surface area contributed by atoms with Crippen molar-refractivity contribution >= 4 is 0 Å². The quantitative estimate of drug-likeness (QED) is 0.893. The molecule has 0 bridgehead atoms. The molecule has 4 heteroatoms. The van der Waals surface area contributed by atoms with Gasteiger partial charge in [-0.25, -0.2) is 8.78 Å². The van der Waals surface area contributed by atoms with Crippen LogP contribution >= 0.6 is 0 Å². The largest absolute Gasteiger partial charge is 0.493 e. The molecular formula is C14H19F2NO. The Morgan fingerprint density at radius 2 is 2.28 bits per heavy atom. The van der Waals surface area contributed by atoms with Crippen LogP contribution in [0.1, 0.15) is 24.0 Å². The smallest absolute Gasteiger partial charge is 0.165 e. The van der Waals surface area contributed by atoms with Crippen molar-refractivity contribution < 1.29 is 13.5 Å². The van der Waals surface area contributed by atoms with Gasteiger partial charge in [-0.15, -0.1) is 0 Å². The Labute approximate surface area is 106 Å². The third kappa shape index (κ3) is 2.99. The average Bonchev–Trinajstić information content (AvgIpc) is 2.39. The third-order valence-corrected chi connectivity index (χ3v) is 3.45. The lowest BCUT2D eigenvalue weighted by Gasteiger charge is -2.23. The van der Waals surface area contributed by atoms with Crippen LogP contribution in [-0.2, 0) is 13.1 Å². The maximum atomic E-state index is 13.7. The molecule has 1 aromatic carbocycles. The van der Waals surface area contributed by atoms with Gasteiger partial charge in [0.1, 0.15) is 6.67 Å². The van der Waals surface area contributed by atoms with E-state index in [1.54, 1.807) is 6.07 Å². The van der Waals surface area contributed by atoms with E-state index in [0.29, 0.717) is 11.5 Å². The minimum absolute atomic E-state index is 0.262. The van der Waals surface area contributed by atoms with Gasteiger partial charge >= 0.3 is 0 Å². The van der Waals surface area contributed by atoms with E-state index in [1.165, 1.54) is 13.2 Å². The lowest BCUT2D eigenvalue weighted by molar-refractivity contribution is 0.353. The van der Waals surface area contributed by atoms with Gasteiger partial charge in [-0.2, -0.15) is 0 Å². The first-order chi connectivity index (χ1) is 8.74. The van der Waals surface area contributed by atoms with Crippen molar-refractivity contribution in [3.8, 4) is 5.75 Å². The molecule has 18 heavy (non-hydrogen) atoms. The van der Waals surface area contributed by atoms with Crippen molar-refractivity contribution in [3.63, 3.8) is 0 Å². The molecule has 0 spiro atoms. The highest BCUT2D eigenvalue weighted by atomic mass is 19.1. The molecule has 0 saturated carbocycles. The zero-order chi connectivity index (χ0) is 13.0. The lowest BCUT2D eigenvalue weighted by atomic mass is 9.91. The molecule has 1 N–H and O–H groups in total. The van der Waals surface area contributed by atoms with Gasteiger partial charge in [0, 0.05) is 0 Å². The molecule has 0 radical (unpaired) electrons. The van der Waals surface area contributed by atoms with Crippen molar-refractivity contribution in [2.24, 2.45) is 5.92 Å². The number of piperidine rings is 1. The van der Waals surface area contributed by atoms with E-state index < -0.39 is 12.5 Å². The summed E-state index contributed by atoms with van der Waals surface area (Å²) in [6.07, 6.45) is 3.00. The van der Waals surface area contributed by atoms with E-state index in [0.717, 1.165) is 37.9 Å². The van der Waals surface area contributed by atoms with E-state index in [-0.39, 0.29) is 5.75 Å². The predicted octanol–water partition coefficient (Wildman–Crippen LogP) is 2.85. The molecule has 0 aliphatic carbocycles. The Kier molecular flexibility index (Phi) is 4.53. The third-order valence-electron chi connectivity index (χ3n) is 3.45. The molecule has 1 aliphatic rings. The maximum Gasteiger partial charge on any atom is 0.165 e. The van der Waals surface area contributed by atoms with Crippen molar-refractivity contribution in [2.75, 3.05) is 20.2 Å². The number of nitrogens with one attached hydrogen (secondary N) is 1. The number of benzene rings is 1. The van der Waals surface area contributed by atoms with Crippen molar-refractivity contribution in [1.82, 2.24) is 5.32 Å². The Balaban J connectivity index is 2.20. The molecule has 1 atom stereocenters. The Morgan fingerprint density at radius 3 is 2.89 bits per heavy atom. The van der Waals surface area contributed by atoms with E-state index in [9.17, 15) is 8.78 Å². The zero-order valence-electron chi connectivity index (χ0n) is 10.6. The van der Waals surface area contributed by atoms with Crippen molar-refractivity contribution in [2.45, 2.75) is 25.9 Å². The second-order valence-corrected chi connectivity index (χ2v) is 4.82. The second-order valence-electron chi connectivity index (χ2n) is 4.82. The van der Waals surface area contributed by atoms with Gasteiger partial charge in [0.2, 0.25) is 0 Å². The topological polar surface area (TPSA) is 21.3 Å². The first kappa shape index (κ1) is 13.3. The van der Waals surface area contributed by atoms with Gasteiger partial charge in [0.25, 0.3) is 0 Å². The van der Waals surface area contributed by atoms with Crippen LogP contribution in [-0.4, -0.2) is 20.2 Å². The van der Waals surface area contributed by atoms with Crippen LogP contribution in [0.5, 0.6) is 5.75 Å². The molecule has 2 rings (SSSR count). The number of rotatable bonds is 4. The fraction of sp³-hybridized carbons (Fsp3) is 0.571. The summed E-state index contributed by atoms with van der Waals surface area (Å²) in [6, 6.07) is 2.93. The van der Waals surface area contributed by atoms with Crippen molar-refractivity contribution in [3.05, 3.63) is 29.1 Å². The number of hydrogen-bond donors (Lipinski definition) is 1. The summed E-state index contributed by atoms with van der Waals surface area (Å²) in [5.41, 5.74) is 1.16. The highest BCUT2D eigenvalue weighted by molar-refractivity contribution is 5.39. The minimum Gasteiger partial charge on any atom is -0.493 e. The highest BCUT2D eigenvalue weighted by Crippen LogP contribution is 2.28. The van der Waals surface area contributed by atoms with Crippen LogP contribution < -0.4 is 10.1 Å². The Bertz CT molecular complexity index is 403. The number of ether oxygens (including phenoxy) is 1. The molecule has 1 saturated heterocycles. The number of halogens is 2. The fourth-order valence-corrected chi connectivity index (χ4v) is 2.58. The van der Waals surface area contributed by atoms with E-state index in [1.807, 2.05) is 0 Å². The second kappa shape index (κ2) is 6.14. The molecule has 0 aromatic heterocycles. The highest BCUT2D eigenvalue weighted by Gasteiger charge is 2.18. The summed E-state index contributed by atoms with van der Waals surface area (Å²) < 4.78 is 31.5.